The molecule has 2 aromatic carbocycles. The fourth-order valence-electron chi connectivity index (χ4n) is 3.52. The molecule has 2 heterocycles. The van der Waals surface area contributed by atoms with Gasteiger partial charge in [-0.3, -0.25) is 19.5 Å². The van der Waals surface area contributed by atoms with Crippen LogP contribution in [0, 0.1) is 0 Å². The molecule has 0 aliphatic carbocycles. The van der Waals surface area contributed by atoms with Crippen LogP contribution in [0.2, 0.25) is 0 Å². The van der Waals surface area contributed by atoms with Gasteiger partial charge in [0.15, 0.2) is 0 Å². The van der Waals surface area contributed by atoms with Crippen LogP contribution in [0.5, 0.6) is 0 Å². The van der Waals surface area contributed by atoms with Crippen LogP contribution in [0.3, 0.4) is 0 Å². The van der Waals surface area contributed by atoms with Gasteiger partial charge < -0.3 is 5.32 Å². The summed E-state index contributed by atoms with van der Waals surface area (Å²) in [4.78, 5) is 33.0. The van der Waals surface area contributed by atoms with Gasteiger partial charge in [-0.25, -0.2) is 0 Å². The summed E-state index contributed by atoms with van der Waals surface area (Å²) >= 11 is 1.68. The molecule has 0 spiro atoms. The van der Waals surface area contributed by atoms with Crippen molar-refractivity contribution in [3.05, 3.63) is 89.7 Å². The van der Waals surface area contributed by atoms with Crippen LogP contribution < -0.4 is 10.2 Å². The number of carbonyl (C=O) groups excluding carboxylic acids is 2. The van der Waals surface area contributed by atoms with E-state index in [2.05, 4.69) is 10.3 Å². The zero-order valence-corrected chi connectivity index (χ0v) is 16.9. The Morgan fingerprint density at radius 2 is 1.83 bits per heavy atom. The van der Waals surface area contributed by atoms with Gasteiger partial charge >= 0.3 is 0 Å². The van der Waals surface area contributed by atoms with E-state index >= 15 is 0 Å². The predicted octanol–water partition coefficient (Wildman–Crippen LogP) is 4.21. The standard InChI is InChI=1S/C23H21N3O2S/c1-29-18-11-9-16(10-12-18)15-25-21(27)14-20-22-19(8-5-13-24-22)23(28)26(20)17-6-3-2-4-7-17/h2-13,20H,14-15H2,1H3,(H,25,27). The van der Waals surface area contributed by atoms with Crippen LogP contribution >= 0.6 is 11.8 Å². The molecular weight excluding hydrogens is 382 g/mol. The van der Waals surface area contributed by atoms with Crippen molar-refractivity contribution in [2.75, 3.05) is 11.2 Å². The molecule has 0 saturated heterocycles. The summed E-state index contributed by atoms with van der Waals surface area (Å²) in [5, 5.41) is 2.97. The van der Waals surface area contributed by atoms with Crippen LogP contribution in [0.25, 0.3) is 0 Å². The molecule has 2 amide bonds. The van der Waals surface area contributed by atoms with Crippen molar-refractivity contribution in [3.8, 4) is 0 Å². The Morgan fingerprint density at radius 1 is 1.07 bits per heavy atom. The van der Waals surface area contributed by atoms with Gasteiger partial charge in [0.25, 0.3) is 5.91 Å². The van der Waals surface area contributed by atoms with Crippen molar-refractivity contribution in [2.24, 2.45) is 0 Å². The highest BCUT2D eigenvalue weighted by molar-refractivity contribution is 7.98. The maximum Gasteiger partial charge on any atom is 0.260 e. The Morgan fingerprint density at radius 3 is 2.55 bits per heavy atom. The number of anilines is 1. The zero-order valence-electron chi connectivity index (χ0n) is 16.0. The highest BCUT2D eigenvalue weighted by Gasteiger charge is 2.39. The van der Waals surface area contributed by atoms with Gasteiger partial charge in [0.2, 0.25) is 5.91 Å². The summed E-state index contributed by atoms with van der Waals surface area (Å²) in [5.74, 6) is -0.235. The summed E-state index contributed by atoms with van der Waals surface area (Å²) in [6.45, 7) is 0.453. The van der Waals surface area contributed by atoms with Gasteiger partial charge in [-0.05, 0) is 48.2 Å². The second-order valence-corrected chi connectivity index (χ2v) is 7.67. The SMILES string of the molecule is CSc1ccc(CNC(=O)CC2c3ncccc3C(=O)N2c2ccccc2)cc1. The fourth-order valence-corrected chi connectivity index (χ4v) is 3.93. The molecule has 146 valence electrons. The van der Waals surface area contributed by atoms with Crippen molar-refractivity contribution < 1.29 is 9.59 Å². The van der Waals surface area contributed by atoms with Crippen LogP contribution in [0.4, 0.5) is 5.69 Å². The second-order valence-electron chi connectivity index (χ2n) is 6.79. The van der Waals surface area contributed by atoms with Gasteiger partial charge in [0, 0.05) is 23.3 Å². The number of fused-ring (bicyclic) bond motifs is 1. The summed E-state index contributed by atoms with van der Waals surface area (Å²) in [6, 6.07) is 20.6. The maximum absolute atomic E-state index is 13.0. The number of benzene rings is 2. The van der Waals surface area contributed by atoms with E-state index in [0.717, 1.165) is 11.3 Å². The monoisotopic (exact) mass is 403 g/mol. The minimum Gasteiger partial charge on any atom is -0.352 e. The Kier molecular flexibility index (Phi) is 5.62. The molecule has 0 saturated carbocycles. The first-order valence-electron chi connectivity index (χ1n) is 9.40. The Labute approximate surface area is 174 Å². The van der Waals surface area contributed by atoms with Gasteiger partial charge in [-0.1, -0.05) is 30.3 Å². The first-order valence-corrected chi connectivity index (χ1v) is 10.6. The predicted molar refractivity (Wildman–Crippen MR) is 115 cm³/mol. The van der Waals surface area contributed by atoms with E-state index < -0.39 is 6.04 Å². The third-order valence-electron chi connectivity index (χ3n) is 4.98. The molecule has 1 atom stereocenters. The molecule has 0 bridgehead atoms. The van der Waals surface area contributed by atoms with Crippen molar-refractivity contribution in [2.45, 2.75) is 23.9 Å². The summed E-state index contributed by atoms with van der Waals surface area (Å²) < 4.78 is 0. The molecule has 0 fully saturated rings. The average molecular weight is 404 g/mol. The number of nitrogens with zero attached hydrogens (tertiary/aromatic N) is 2. The van der Waals surface area contributed by atoms with Crippen LogP contribution in [-0.2, 0) is 11.3 Å². The molecule has 5 nitrogen and oxygen atoms in total. The Bertz CT molecular complexity index is 1020. The number of hydrogen-bond donors (Lipinski definition) is 1. The lowest BCUT2D eigenvalue weighted by Gasteiger charge is -2.24. The Balaban J connectivity index is 1.51. The number of carbonyl (C=O) groups is 2. The van der Waals surface area contributed by atoms with Crippen LogP contribution in [0.15, 0.2) is 77.8 Å². The smallest absolute Gasteiger partial charge is 0.260 e. The third-order valence-corrected chi connectivity index (χ3v) is 5.72. The highest BCUT2D eigenvalue weighted by Crippen LogP contribution is 2.38. The molecular formula is C23H21N3O2S. The van der Waals surface area contributed by atoms with Gasteiger partial charge in [0.1, 0.15) is 0 Å². The first kappa shape index (κ1) is 19.2. The second kappa shape index (κ2) is 8.49. The zero-order chi connectivity index (χ0) is 20.2. The number of thioether (sulfide) groups is 1. The number of pyridine rings is 1. The van der Waals surface area contributed by atoms with Gasteiger partial charge in [0.05, 0.1) is 23.7 Å². The average Bonchev–Trinajstić information content (AvgIpc) is 3.05. The molecule has 1 N–H and O–H groups in total. The lowest BCUT2D eigenvalue weighted by atomic mass is 10.1. The maximum atomic E-state index is 13.0. The Hall–Kier alpha value is -3.12. The highest BCUT2D eigenvalue weighted by atomic mass is 32.2. The molecule has 0 radical (unpaired) electrons. The molecule has 4 rings (SSSR count). The van der Waals surface area contributed by atoms with E-state index in [4.69, 9.17) is 0 Å². The van der Waals surface area contributed by atoms with Crippen LogP contribution in [0.1, 0.15) is 34.1 Å². The van der Waals surface area contributed by atoms with Crippen molar-refractivity contribution in [1.82, 2.24) is 10.3 Å². The topological polar surface area (TPSA) is 62.3 Å². The van der Waals surface area contributed by atoms with E-state index in [1.165, 1.54) is 4.90 Å². The van der Waals surface area contributed by atoms with E-state index in [1.54, 1.807) is 35.0 Å². The van der Waals surface area contributed by atoms with Crippen molar-refractivity contribution in [1.29, 1.82) is 0 Å². The van der Waals surface area contributed by atoms with E-state index in [-0.39, 0.29) is 18.2 Å². The number of aromatic nitrogens is 1. The van der Waals surface area contributed by atoms with E-state index in [0.29, 0.717) is 17.8 Å². The number of hydrogen-bond acceptors (Lipinski definition) is 4. The van der Waals surface area contributed by atoms with Gasteiger partial charge in [-0.15, -0.1) is 11.8 Å². The normalized spacial score (nSPS) is 15.3. The van der Waals surface area contributed by atoms with Crippen molar-refractivity contribution in [3.63, 3.8) is 0 Å². The molecule has 1 aliphatic heterocycles. The summed E-state index contributed by atoms with van der Waals surface area (Å²) in [7, 11) is 0. The molecule has 6 heteroatoms. The lowest BCUT2D eigenvalue weighted by molar-refractivity contribution is -0.121. The van der Waals surface area contributed by atoms with E-state index in [9.17, 15) is 9.59 Å². The molecule has 1 unspecified atom stereocenters. The quantitative estimate of drug-likeness (QED) is 0.626. The number of nitrogens with one attached hydrogen (secondary N) is 1. The fraction of sp³-hybridized carbons (Fsp3) is 0.174. The minimum absolute atomic E-state index is 0.115. The molecule has 3 aromatic rings. The van der Waals surface area contributed by atoms with E-state index in [1.807, 2.05) is 60.9 Å². The molecule has 1 aliphatic rings. The summed E-state index contributed by atoms with van der Waals surface area (Å²) in [5.41, 5.74) is 3.01. The van der Waals surface area contributed by atoms with Gasteiger partial charge in [-0.2, -0.15) is 0 Å². The number of para-hydroxylation sites is 1. The largest absolute Gasteiger partial charge is 0.352 e. The number of amides is 2. The number of rotatable bonds is 6. The van der Waals surface area contributed by atoms with Crippen LogP contribution in [-0.4, -0.2) is 23.1 Å². The first-order chi connectivity index (χ1) is 14.2. The third kappa shape index (κ3) is 4.03. The minimum atomic E-state index is -0.417. The lowest BCUT2D eigenvalue weighted by Crippen LogP contribution is -2.32. The molecule has 29 heavy (non-hydrogen) atoms. The summed E-state index contributed by atoms with van der Waals surface area (Å²) in [6.07, 6.45) is 3.86. The van der Waals surface area contributed by atoms with Crippen molar-refractivity contribution >= 4 is 29.3 Å². The molecule has 1 aromatic heterocycles.